The number of allylic oxidation sites excluding steroid dienone is 1. The molecule has 0 aromatic rings. The molecule has 2 aliphatic heterocycles. The monoisotopic (exact) mass is 357 g/mol. The second kappa shape index (κ2) is 6.60. The maximum absolute atomic E-state index is 11.8. The van der Waals surface area contributed by atoms with Crippen molar-refractivity contribution >= 4 is 17.5 Å². The molecule has 0 aromatic carbocycles. The number of hydrogen-bond donors (Lipinski definition) is 1. The van der Waals surface area contributed by atoms with Crippen molar-refractivity contribution in [2.45, 2.75) is 69.5 Å². The summed E-state index contributed by atoms with van der Waals surface area (Å²) >= 11 is 5.65. The molecule has 2 saturated heterocycles. The highest BCUT2D eigenvalue weighted by Crippen LogP contribution is 2.59. The first-order valence-corrected chi connectivity index (χ1v) is 9.23. The second-order valence-electron chi connectivity index (χ2n) is 7.69. The fraction of sp³-hybridized carbons (Fsp3) is 0.833. The van der Waals surface area contributed by atoms with Crippen molar-refractivity contribution in [3.63, 3.8) is 0 Å². The number of hydrogen-bond acceptors (Lipinski definition) is 4. The minimum atomic E-state index is -0.270. The maximum Gasteiger partial charge on any atom is 0.235 e. The molecule has 1 saturated carbocycles. The zero-order chi connectivity index (χ0) is 17.5. The van der Waals surface area contributed by atoms with E-state index in [1.807, 2.05) is 0 Å². The van der Waals surface area contributed by atoms with Gasteiger partial charge in [0.1, 0.15) is 11.5 Å². The van der Waals surface area contributed by atoms with Crippen molar-refractivity contribution < 1.29 is 19.0 Å². The zero-order valence-electron chi connectivity index (χ0n) is 14.9. The topological polar surface area (TPSA) is 63.4 Å². The van der Waals surface area contributed by atoms with Crippen molar-refractivity contribution in [2.75, 3.05) is 19.6 Å². The van der Waals surface area contributed by atoms with Gasteiger partial charge in [-0.25, -0.2) is 0 Å². The number of rotatable bonds is 6. The van der Waals surface area contributed by atoms with Gasteiger partial charge in [0.15, 0.2) is 0 Å². The normalized spacial score (nSPS) is 43.4. The molecule has 1 aliphatic carbocycles. The Morgan fingerprint density at radius 2 is 2.17 bits per heavy atom. The largest absolute Gasteiger partial charge is 0.379 e. The average molecular weight is 358 g/mol. The molecule has 1 N–H and O–H groups in total. The van der Waals surface area contributed by atoms with Crippen molar-refractivity contribution in [2.24, 2.45) is 5.92 Å². The third kappa shape index (κ3) is 3.24. The number of epoxide rings is 2. The molecule has 6 heteroatoms. The van der Waals surface area contributed by atoms with E-state index < -0.39 is 0 Å². The molecular formula is C18H28ClNO4. The summed E-state index contributed by atoms with van der Waals surface area (Å²) in [7, 11) is 1.70. The first-order chi connectivity index (χ1) is 11.4. The number of nitrogens with one attached hydrogen (secondary N) is 1. The summed E-state index contributed by atoms with van der Waals surface area (Å²) in [5, 5.41) is 3.01. The van der Waals surface area contributed by atoms with Crippen LogP contribution in [0.4, 0.5) is 0 Å². The van der Waals surface area contributed by atoms with E-state index in [2.05, 4.69) is 32.2 Å². The molecule has 1 spiro atoms. The summed E-state index contributed by atoms with van der Waals surface area (Å²) in [4.78, 5) is 11.8. The Morgan fingerprint density at radius 3 is 2.71 bits per heavy atom. The van der Waals surface area contributed by atoms with Crippen LogP contribution in [0, 0.1) is 5.92 Å². The quantitative estimate of drug-likeness (QED) is 0.450. The molecule has 136 valence electrons. The van der Waals surface area contributed by atoms with E-state index in [1.54, 1.807) is 7.11 Å². The number of carbonyl (C=O) groups is 1. The minimum absolute atomic E-state index is 0.0315. The summed E-state index contributed by atoms with van der Waals surface area (Å²) in [6, 6.07) is -0.0498. The van der Waals surface area contributed by atoms with E-state index in [0.29, 0.717) is 0 Å². The minimum Gasteiger partial charge on any atom is -0.379 e. The highest BCUT2D eigenvalue weighted by atomic mass is 35.5. The van der Waals surface area contributed by atoms with Gasteiger partial charge in [-0.15, -0.1) is 11.6 Å². The first-order valence-electron chi connectivity index (χ1n) is 8.69. The summed E-state index contributed by atoms with van der Waals surface area (Å²) < 4.78 is 17.9. The molecule has 5 nitrogen and oxygen atoms in total. The summed E-state index contributed by atoms with van der Waals surface area (Å²) in [6.07, 6.45) is 4.92. The van der Waals surface area contributed by atoms with E-state index in [-0.39, 0.29) is 47.2 Å². The van der Waals surface area contributed by atoms with Crippen LogP contribution in [-0.2, 0) is 19.0 Å². The summed E-state index contributed by atoms with van der Waals surface area (Å²) in [5.74, 6) is -0.0750. The smallest absolute Gasteiger partial charge is 0.235 e. The van der Waals surface area contributed by atoms with E-state index >= 15 is 0 Å². The number of alkyl halides is 1. The molecule has 2 heterocycles. The van der Waals surface area contributed by atoms with Crippen molar-refractivity contribution in [1.29, 1.82) is 0 Å². The van der Waals surface area contributed by atoms with Gasteiger partial charge in [0.25, 0.3) is 0 Å². The standard InChI is InChI=1S/C18H28ClNO4/c1-11(2)5-6-13-17(3,24-13)16-15(22-4)12(20-14(21)9-19)7-8-18(16)10-23-18/h5,12-13,15-16H,6-10H2,1-4H3,(H,20,21)/t12-,13-,15-,16-,17-,18+/m1/s1. The van der Waals surface area contributed by atoms with E-state index in [0.717, 1.165) is 25.9 Å². The third-order valence-electron chi connectivity index (χ3n) is 5.76. The van der Waals surface area contributed by atoms with E-state index in [9.17, 15) is 4.79 Å². The highest BCUT2D eigenvalue weighted by molar-refractivity contribution is 6.27. The van der Waals surface area contributed by atoms with Crippen LogP contribution >= 0.6 is 11.6 Å². The average Bonchev–Trinajstić information content (AvgIpc) is 3.45. The maximum atomic E-state index is 11.8. The lowest BCUT2D eigenvalue weighted by atomic mass is 9.67. The van der Waals surface area contributed by atoms with Gasteiger partial charge in [-0.1, -0.05) is 11.6 Å². The molecule has 0 bridgehead atoms. The SMILES string of the molecule is CO[C@@H]1[C@H](NC(=O)CCl)CC[C@]2(CO2)[C@H]1[C@]1(C)O[C@@H]1CC=C(C)C. The molecule has 0 aromatic heterocycles. The molecule has 0 unspecified atom stereocenters. The molecular weight excluding hydrogens is 330 g/mol. The van der Waals surface area contributed by atoms with Crippen LogP contribution < -0.4 is 5.32 Å². The van der Waals surface area contributed by atoms with Gasteiger partial charge in [0.2, 0.25) is 5.91 Å². The van der Waals surface area contributed by atoms with Crippen LogP contribution in [0.25, 0.3) is 0 Å². The summed E-state index contributed by atoms with van der Waals surface area (Å²) in [5.41, 5.74) is 0.870. The van der Waals surface area contributed by atoms with E-state index in [1.165, 1.54) is 5.57 Å². The number of carbonyl (C=O) groups excluding carboxylic acids is 1. The van der Waals surface area contributed by atoms with Crippen LogP contribution in [0.2, 0.25) is 0 Å². The zero-order valence-corrected chi connectivity index (χ0v) is 15.7. The van der Waals surface area contributed by atoms with Gasteiger partial charge >= 0.3 is 0 Å². The van der Waals surface area contributed by atoms with Gasteiger partial charge in [0.05, 0.1) is 30.5 Å². The predicted molar refractivity (Wildman–Crippen MR) is 92.2 cm³/mol. The van der Waals surface area contributed by atoms with Gasteiger partial charge < -0.3 is 19.5 Å². The lowest BCUT2D eigenvalue weighted by Crippen LogP contribution is -2.59. The van der Waals surface area contributed by atoms with Gasteiger partial charge in [-0.2, -0.15) is 0 Å². The van der Waals surface area contributed by atoms with Gasteiger partial charge in [0, 0.05) is 13.0 Å². The fourth-order valence-corrected chi connectivity index (χ4v) is 4.46. The molecule has 24 heavy (non-hydrogen) atoms. The number of ether oxygens (including phenoxy) is 3. The Balaban J connectivity index is 1.78. The van der Waals surface area contributed by atoms with E-state index in [4.69, 9.17) is 25.8 Å². The Bertz CT molecular complexity index is 529. The lowest BCUT2D eigenvalue weighted by Gasteiger charge is -2.43. The first kappa shape index (κ1) is 18.2. The second-order valence-corrected chi connectivity index (χ2v) is 7.95. The number of methoxy groups -OCH3 is 1. The number of halogens is 1. The molecule has 3 fully saturated rings. The van der Waals surface area contributed by atoms with Crippen molar-refractivity contribution in [3.8, 4) is 0 Å². The Kier molecular flexibility index (Phi) is 5.00. The van der Waals surface area contributed by atoms with Crippen LogP contribution in [0.3, 0.4) is 0 Å². The van der Waals surface area contributed by atoms with Gasteiger partial charge in [-0.3, -0.25) is 4.79 Å². The van der Waals surface area contributed by atoms with Crippen molar-refractivity contribution in [1.82, 2.24) is 5.32 Å². The Hall–Kier alpha value is -0.620. The summed E-state index contributed by atoms with van der Waals surface area (Å²) in [6.45, 7) is 7.10. The fourth-order valence-electron chi connectivity index (χ4n) is 4.39. The Labute approximate surface area is 149 Å². The van der Waals surface area contributed by atoms with Gasteiger partial charge in [-0.05, 0) is 40.0 Å². The van der Waals surface area contributed by atoms with Crippen LogP contribution in [0.15, 0.2) is 11.6 Å². The van der Waals surface area contributed by atoms with Crippen molar-refractivity contribution in [3.05, 3.63) is 11.6 Å². The molecule has 3 rings (SSSR count). The van der Waals surface area contributed by atoms with Crippen LogP contribution in [-0.4, -0.2) is 55.0 Å². The molecule has 6 atom stereocenters. The van der Waals surface area contributed by atoms with Crippen LogP contribution in [0.5, 0.6) is 0 Å². The lowest BCUT2D eigenvalue weighted by molar-refractivity contribution is -0.123. The number of amides is 1. The highest BCUT2D eigenvalue weighted by Gasteiger charge is 2.71. The predicted octanol–water partition coefficient (Wildman–Crippen LogP) is 2.42. The molecule has 0 radical (unpaired) electrons. The molecule has 1 amide bonds. The van der Waals surface area contributed by atoms with Crippen LogP contribution in [0.1, 0.15) is 40.0 Å². The third-order valence-corrected chi connectivity index (χ3v) is 6.00. The molecule has 3 aliphatic rings. The Morgan fingerprint density at radius 1 is 1.46 bits per heavy atom.